The van der Waals surface area contributed by atoms with Crippen molar-refractivity contribution in [1.29, 1.82) is 0 Å². The van der Waals surface area contributed by atoms with Crippen LogP contribution in [0.15, 0.2) is 17.1 Å². The number of carbonyl (C=O) groups excluding carboxylic acids is 2. The summed E-state index contributed by atoms with van der Waals surface area (Å²) in [7, 11) is -4.11. The van der Waals surface area contributed by atoms with Gasteiger partial charge in [0.15, 0.2) is 6.23 Å². The van der Waals surface area contributed by atoms with Crippen molar-refractivity contribution in [3.63, 3.8) is 0 Å². The minimum Gasteiger partial charge on any atom is -0.465 e. The number of nitrogens with zero attached hydrogens (tertiary/aromatic N) is 2. The van der Waals surface area contributed by atoms with E-state index in [-0.39, 0.29) is 31.4 Å². The fraction of sp³-hybridized carbons (Fsp3) is 0.684. The van der Waals surface area contributed by atoms with Gasteiger partial charge in [-0.2, -0.15) is 4.98 Å². The van der Waals surface area contributed by atoms with Crippen LogP contribution in [0.4, 0.5) is 5.82 Å². The third-order valence-electron chi connectivity index (χ3n) is 5.32. The molecule has 0 aliphatic carbocycles. The van der Waals surface area contributed by atoms with Gasteiger partial charge in [0.1, 0.15) is 29.0 Å². The van der Waals surface area contributed by atoms with Gasteiger partial charge in [0.25, 0.3) is 0 Å². The van der Waals surface area contributed by atoms with Crippen LogP contribution in [-0.2, 0) is 37.2 Å². The second-order valence-electron chi connectivity index (χ2n) is 8.38. The Morgan fingerprint density at radius 3 is 2.82 bits per heavy atom. The largest absolute Gasteiger partial charge is 0.475 e. The maximum atomic E-state index is 13.0. The Morgan fingerprint density at radius 1 is 1.47 bits per heavy atom. The van der Waals surface area contributed by atoms with Gasteiger partial charge in [-0.05, 0) is 33.8 Å². The number of nitrogen functional groups attached to an aromatic ring is 1. The third kappa shape index (κ3) is 5.38. The molecule has 190 valence electrons. The topological polar surface area (TPSA) is 178 Å². The molecule has 34 heavy (non-hydrogen) atoms. The smallest absolute Gasteiger partial charge is 0.465 e. The number of ether oxygens (including phenoxy) is 2. The van der Waals surface area contributed by atoms with Crippen LogP contribution in [0.25, 0.3) is 0 Å². The van der Waals surface area contributed by atoms with Crippen molar-refractivity contribution >= 4 is 36.5 Å². The number of rotatable bonds is 8. The van der Waals surface area contributed by atoms with E-state index in [0.717, 1.165) is 16.3 Å². The highest BCUT2D eigenvalue weighted by Gasteiger charge is 2.60. The number of esters is 1. The van der Waals surface area contributed by atoms with E-state index < -0.39 is 54.0 Å². The quantitative estimate of drug-likeness (QED) is 0.213. The number of nitrogens with two attached hydrogens (primary N) is 1. The molecule has 3 N–H and O–H groups in total. The molecule has 2 aliphatic rings. The maximum Gasteiger partial charge on any atom is 0.475 e. The molecular weight excluding hydrogens is 493 g/mol. The van der Waals surface area contributed by atoms with Gasteiger partial charge in [0, 0.05) is 11.9 Å². The number of hydrogen-bond acceptors (Lipinski definition) is 13. The molecule has 13 nitrogen and oxygen atoms in total. The van der Waals surface area contributed by atoms with E-state index in [4.69, 9.17) is 28.8 Å². The number of aromatic nitrogens is 2. The summed E-state index contributed by atoms with van der Waals surface area (Å²) >= 11 is 0.818. The zero-order valence-electron chi connectivity index (χ0n) is 19.2. The Morgan fingerprint density at radius 2 is 2.18 bits per heavy atom. The lowest BCUT2D eigenvalue weighted by Crippen LogP contribution is -2.49. The minimum absolute atomic E-state index is 0.00999. The van der Waals surface area contributed by atoms with Crippen LogP contribution in [0.2, 0.25) is 0 Å². The van der Waals surface area contributed by atoms with Gasteiger partial charge < -0.3 is 20.3 Å². The predicted octanol–water partition coefficient (Wildman–Crippen LogP) is 0.863. The molecule has 3 heterocycles. The highest BCUT2D eigenvalue weighted by molar-refractivity contribution is 8.13. The lowest BCUT2D eigenvalue weighted by Gasteiger charge is -2.35. The summed E-state index contributed by atoms with van der Waals surface area (Å²) in [5.41, 5.74) is 1.63. The van der Waals surface area contributed by atoms with Gasteiger partial charge in [-0.3, -0.25) is 27.7 Å². The average Bonchev–Trinajstić information content (AvgIpc) is 3.01. The first-order valence-corrected chi connectivity index (χ1v) is 12.9. The molecular formula is C19H28N3O10PS. The molecule has 0 saturated carbocycles. The molecule has 0 amide bonds. The van der Waals surface area contributed by atoms with E-state index in [1.165, 1.54) is 33.0 Å². The molecule has 2 aliphatic heterocycles. The lowest BCUT2D eigenvalue weighted by atomic mass is 9.96. The molecule has 0 unspecified atom stereocenters. The number of anilines is 1. The molecule has 2 saturated heterocycles. The molecule has 0 bridgehead atoms. The van der Waals surface area contributed by atoms with Crippen LogP contribution in [0, 0.1) is 5.41 Å². The van der Waals surface area contributed by atoms with Crippen molar-refractivity contribution in [2.45, 2.75) is 51.7 Å². The van der Waals surface area contributed by atoms with Crippen LogP contribution in [-0.4, -0.2) is 69.1 Å². The van der Waals surface area contributed by atoms with Crippen molar-refractivity contribution in [3.05, 3.63) is 22.7 Å². The van der Waals surface area contributed by atoms with Crippen LogP contribution in [0.5, 0.6) is 0 Å². The zero-order chi connectivity index (χ0) is 25.3. The first-order chi connectivity index (χ1) is 15.8. The second-order valence-corrected chi connectivity index (χ2v) is 11.1. The molecule has 5 atom stereocenters. The van der Waals surface area contributed by atoms with Gasteiger partial charge in [0.05, 0.1) is 19.8 Å². The van der Waals surface area contributed by atoms with E-state index in [1.54, 1.807) is 6.92 Å². The number of aliphatic hydroxyl groups is 1. The molecule has 1 aromatic heterocycles. The zero-order valence-corrected chi connectivity index (χ0v) is 20.9. The first-order valence-electron chi connectivity index (χ1n) is 10.5. The summed E-state index contributed by atoms with van der Waals surface area (Å²) in [6, 6.07) is 1.37. The summed E-state index contributed by atoms with van der Waals surface area (Å²) in [6.07, 6.45) is -1.85. The van der Waals surface area contributed by atoms with Crippen molar-refractivity contribution in [2.75, 3.05) is 31.3 Å². The number of hydrogen-bond donors (Lipinski definition) is 2. The molecule has 2 fully saturated rings. The Bertz CT molecular complexity index is 1050. The Balaban J connectivity index is 1.59. The van der Waals surface area contributed by atoms with E-state index >= 15 is 0 Å². The number of carbonyl (C=O) groups is 2. The van der Waals surface area contributed by atoms with Crippen LogP contribution < -0.4 is 11.4 Å². The highest BCUT2D eigenvalue weighted by atomic mass is 32.2. The molecule has 3 rings (SSSR count). The van der Waals surface area contributed by atoms with Crippen LogP contribution >= 0.6 is 19.6 Å². The number of phosphoric acid groups is 1. The molecule has 0 aromatic carbocycles. The summed E-state index contributed by atoms with van der Waals surface area (Å²) in [4.78, 5) is 40.1. The fourth-order valence-corrected chi connectivity index (χ4v) is 5.79. The first kappa shape index (κ1) is 26.8. The Hall–Kier alpha value is -1.80. The third-order valence-corrected chi connectivity index (χ3v) is 7.92. The average molecular weight is 521 g/mol. The predicted molar refractivity (Wildman–Crippen MR) is 120 cm³/mol. The van der Waals surface area contributed by atoms with Crippen molar-refractivity contribution in [3.8, 4) is 0 Å². The normalized spacial score (nSPS) is 31.1. The lowest BCUT2D eigenvalue weighted by molar-refractivity contribution is -0.155. The molecule has 15 heteroatoms. The fourth-order valence-electron chi connectivity index (χ4n) is 3.40. The summed E-state index contributed by atoms with van der Waals surface area (Å²) in [6.45, 7) is 5.65. The second kappa shape index (κ2) is 10.1. The summed E-state index contributed by atoms with van der Waals surface area (Å²) < 4.78 is 40.6. The SMILES string of the molecule is CCOC(=O)C(C)(C)C(=O)SCCO[P@@]1(=O)OC[C@H]2O[C@@H](n3ccc(N)nc3=O)[C@](C)(O)[C@@H]2O1. The molecule has 0 radical (unpaired) electrons. The van der Waals surface area contributed by atoms with Gasteiger partial charge in [-0.25, -0.2) is 9.36 Å². The van der Waals surface area contributed by atoms with Gasteiger partial charge in [-0.1, -0.05) is 11.8 Å². The summed E-state index contributed by atoms with van der Waals surface area (Å²) in [5.74, 6) is -0.565. The number of phosphoric ester groups is 1. The van der Waals surface area contributed by atoms with E-state index in [2.05, 4.69) is 4.98 Å². The van der Waals surface area contributed by atoms with Gasteiger partial charge >= 0.3 is 19.5 Å². The minimum atomic E-state index is -4.11. The van der Waals surface area contributed by atoms with E-state index in [9.17, 15) is 24.1 Å². The van der Waals surface area contributed by atoms with E-state index in [1.807, 2.05) is 0 Å². The molecule has 0 spiro atoms. The van der Waals surface area contributed by atoms with Gasteiger partial charge in [-0.15, -0.1) is 0 Å². The highest BCUT2D eigenvalue weighted by Crippen LogP contribution is 2.58. The Labute approximate surface area is 199 Å². The van der Waals surface area contributed by atoms with Crippen LogP contribution in [0.1, 0.15) is 33.9 Å². The van der Waals surface area contributed by atoms with Crippen molar-refractivity contribution < 1.29 is 42.3 Å². The number of thioether (sulfide) groups is 1. The standard InChI is InChI=1S/C19H28N3O10PS/c1-5-28-15(23)18(2,3)16(24)34-9-8-29-33(27)30-10-11-13(32-33)19(4,26)14(31-11)22-7-6-12(20)21-17(22)25/h6-7,11,13-14,26H,5,8-10H2,1-4H3,(H2,20,21,25)/t11-,13-,14-,19-,33+/m1/s1. The maximum absolute atomic E-state index is 13.0. The molecule has 1 aromatic rings. The Kier molecular flexibility index (Phi) is 7.92. The van der Waals surface area contributed by atoms with Crippen LogP contribution in [0.3, 0.4) is 0 Å². The summed E-state index contributed by atoms with van der Waals surface area (Å²) in [5, 5.41) is 10.6. The van der Waals surface area contributed by atoms with E-state index in [0.29, 0.717) is 0 Å². The van der Waals surface area contributed by atoms with Crippen molar-refractivity contribution in [2.24, 2.45) is 5.41 Å². The number of fused-ring (bicyclic) bond motifs is 1. The van der Waals surface area contributed by atoms with Gasteiger partial charge in [0.2, 0.25) is 5.12 Å². The monoisotopic (exact) mass is 521 g/mol. The van der Waals surface area contributed by atoms with Crippen molar-refractivity contribution in [1.82, 2.24) is 9.55 Å².